The number of methoxy groups -OCH3 is 1. The number of carboxylic acid groups (broad SMARTS) is 1. The molecule has 2 aromatic rings. The summed E-state index contributed by atoms with van der Waals surface area (Å²) in [5, 5.41) is 11.5. The zero-order valence-corrected chi connectivity index (χ0v) is 13.8. The molecule has 118 valence electrons. The van der Waals surface area contributed by atoms with Gasteiger partial charge in [0.15, 0.2) is 0 Å². The van der Waals surface area contributed by atoms with Crippen molar-refractivity contribution in [3.63, 3.8) is 0 Å². The number of aromatic carboxylic acids is 1. The topological polar surface area (TPSA) is 75.6 Å². The zero-order chi connectivity index (χ0) is 16.8. The highest BCUT2D eigenvalue weighted by Crippen LogP contribution is 2.24. The van der Waals surface area contributed by atoms with Crippen molar-refractivity contribution in [2.45, 2.75) is 0 Å². The first kappa shape index (κ1) is 16.8. The Bertz CT molecular complexity index is 754. The van der Waals surface area contributed by atoms with E-state index in [1.807, 2.05) is 12.1 Å². The molecular formula is C17H14BrNO4. The second-order valence-corrected chi connectivity index (χ2v) is 5.51. The summed E-state index contributed by atoms with van der Waals surface area (Å²) in [6.45, 7) is 0. The van der Waals surface area contributed by atoms with Crippen molar-refractivity contribution in [2.24, 2.45) is 0 Å². The second kappa shape index (κ2) is 7.60. The normalized spacial score (nSPS) is 10.5. The summed E-state index contributed by atoms with van der Waals surface area (Å²) in [6, 6.07) is 11.4. The molecule has 0 heterocycles. The molecule has 1 amide bonds. The Balaban J connectivity index is 2.07. The zero-order valence-electron chi connectivity index (χ0n) is 12.2. The number of carbonyl (C=O) groups is 2. The molecule has 0 unspecified atom stereocenters. The molecule has 0 atom stereocenters. The van der Waals surface area contributed by atoms with Crippen molar-refractivity contribution < 1.29 is 19.4 Å². The highest BCUT2D eigenvalue weighted by Gasteiger charge is 2.04. The summed E-state index contributed by atoms with van der Waals surface area (Å²) in [6.07, 6.45) is 3.03. The van der Waals surface area contributed by atoms with Crippen molar-refractivity contribution in [2.75, 3.05) is 12.4 Å². The smallest absolute Gasteiger partial charge is 0.335 e. The maximum atomic E-state index is 11.9. The molecule has 0 spiro atoms. The van der Waals surface area contributed by atoms with Crippen LogP contribution in [-0.2, 0) is 4.79 Å². The summed E-state index contributed by atoms with van der Waals surface area (Å²) >= 11 is 3.37. The van der Waals surface area contributed by atoms with Gasteiger partial charge in [0.25, 0.3) is 0 Å². The fourth-order valence-electron chi connectivity index (χ4n) is 1.88. The predicted octanol–water partition coefficient (Wildman–Crippen LogP) is 3.81. The molecular weight excluding hydrogens is 362 g/mol. The van der Waals surface area contributed by atoms with E-state index in [9.17, 15) is 9.59 Å². The number of nitrogens with one attached hydrogen (secondary N) is 1. The first-order chi connectivity index (χ1) is 11.0. The van der Waals surface area contributed by atoms with E-state index in [0.717, 1.165) is 10.0 Å². The van der Waals surface area contributed by atoms with Crippen LogP contribution in [0.2, 0.25) is 0 Å². The van der Waals surface area contributed by atoms with Crippen molar-refractivity contribution in [3.8, 4) is 5.75 Å². The average Bonchev–Trinajstić information content (AvgIpc) is 2.53. The number of hydrogen-bond donors (Lipinski definition) is 2. The Hall–Kier alpha value is -2.60. The Morgan fingerprint density at radius 3 is 2.48 bits per heavy atom. The van der Waals surface area contributed by atoms with E-state index in [1.54, 1.807) is 19.3 Å². The van der Waals surface area contributed by atoms with E-state index >= 15 is 0 Å². The number of amides is 1. The van der Waals surface area contributed by atoms with E-state index in [-0.39, 0.29) is 11.5 Å². The minimum absolute atomic E-state index is 0.164. The third kappa shape index (κ3) is 4.69. The van der Waals surface area contributed by atoms with Gasteiger partial charge < -0.3 is 15.2 Å². The maximum Gasteiger partial charge on any atom is 0.335 e. The quantitative estimate of drug-likeness (QED) is 0.779. The summed E-state index contributed by atoms with van der Waals surface area (Å²) in [4.78, 5) is 22.7. The van der Waals surface area contributed by atoms with Crippen molar-refractivity contribution in [3.05, 3.63) is 64.1 Å². The molecule has 0 aromatic heterocycles. The molecule has 0 aliphatic carbocycles. The molecule has 0 aliphatic heterocycles. The predicted molar refractivity (Wildman–Crippen MR) is 91.8 cm³/mol. The minimum atomic E-state index is -1.01. The van der Waals surface area contributed by atoms with Gasteiger partial charge in [-0.3, -0.25) is 4.79 Å². The van der Waals surface area contributed by atoms with Gasteiger partial charge in [0.1, 0.15) is 5.75 Å². The average molecular weight is 376 g/mol. The summed E-state index contributed by atoms with van der Waals surface area (Å²) in [5.74, 6) is -0.678. The van der Waals surface area contributed by atoms with Crippen molar-refractivity contribution in [1.29, 1.82) is 0 Å². The molecule has 23 heavy (non-hydrogen) atoms. The molecule has 2 N–H and O–H groups in total. The van der Waals surface area contributed by atoms with Crippen LogP contribution in [0.5, 0.6) is 5.75 Å². The number of carbonyl (C=O) groups excluding carboxylic acids is 1. The Morgan fingerprint density at radius 2 is 1.87 bits per heavy atom. The van der Waals surface area contributed by atoms with Gasteiger partial charge in [-0.25, -0.2) is 4.79 Å². The monoisotopic (exact) mass is 375 g/mol. The lowest BCUT2D eigenvalue weighted by molar-refractivity contribution is -0.111. The summed E-state index contributed by atoms with van der Waals surface area (Å²) < 4.78 is 6.10. The fraction of sp³-hybridized carbons (Fsp3) is 0.0588. The van der Waals surface area contributed by atoms with Crippen molar-refractivity contribution in [1.82, 2.24) is 0 Å². The second-order valence-electron chi connectivity index (χ2n) is 4.59. The summed E-state index contributed by atoms with van der Waals surface area (Å²) in [5.41, 5.74) is 1.45. The standard InChI is InChI=1S/C17H14BrNO4/c1-23-15-8-5-13(18)10-12(15)4-9-16(20)19-14-6-2-11(3-7-14)17(21)22/h2-10H,1H3,(H,19,20)(H,21,22)/b9-4+. The van der Waals surface area contributed by atoms with Crippen LogP contribution in [0.25, 0.3) is 6.08 Å². The molecule has 0 bridgehead atoms. The van der Waals surface area contributed by atoms with Gasteiger partial charge in [-0.15, -0.1) is 0 Å². The van der Waals surface area contributed by atoms with Crippen molar-refractivity contribution >= 4 is 39.6 Å². The lowest BCUT2D eigenvalue weighted by Crippen LogP contribution is -2.08. The molecule has 0 saturated carbocycles. The SMILES string of the molecule is COc1ccc(Br)cc1/C=C/C(=O)Nc1ccc(C(=O)O)cc1. The number of halogens is 1. The van der Waals surface area contributed by atoms with E-state index < -0.39 is 5.97 Å². The molecule has 5 nitrogen and oxygen atoms in total. The summed E-state index contributed by atoms with van der Waals surface area (Å²) in [7, 11) is 1.56. The van der Waals surface area contributed by atoms with Gasteiger partial charge in [-0.1, -0.05) is 15.9 Å². The van der Waals surface area contributed by atoms with Crippen LogP contribution in [0.4, 0.5) is 5.69 Å². The molecule has 0 saturated heterocycles. The number of rotatable bonds is 5. The van der Waals surface area contributed by atoms with Gasteiger partial charge >= 0.3 is 5.97 Å². The van der Waals surface area contributed by atoms with Gasteiger partial charge in [0, 0.05) is 21.8 Å². The number of anilines is 1. The number of ether oxygens (including phenoxy) is 1. The van der Waals surface area contributed by atoms with Crippen LogP contribution < -0.4 is 10.1 Å². The number of hydrogen-bond acceptors (Lipinski definition) is 3. The Morgan fingerprint density at radius 1 is 1.17 bits per heavy atom. The molecule has 0 radical (unpaired) electrons. The van der Waals surface area contributed by atoms with E-state index in [1.165, 1.54) is 30.3 Å². The van der Waals surface area contributed by atoms with Gasteiger partial charge in [-0.05, 0) is 48.5 Å². The Kier molecular flexibility index (Phi) is 5.54. The van der Waals surface area contributed by atoms with Crippen LogP contribution >= 0.6 is 15.9 Å². The van der Waals surface area contributed by atoms with Crippen LogP contribution in [0.1, 0.15) is 15.9 Å². The molecule has 2 rings (SSSR count). The molecule has 2 aromatic carbocycles. The molecule has 0 fully saturated rings. The third-order valence-corrected chi connectivity index (χ3v) is 3.50. The first-order valence-corrected chi connectivity index (χ1v) is 7.45. The van der Waals surface area contributed by atoms with Crippen LogP contribution in [0.3, 0.4) is 0 Å². The maximum absolute atomic E-state index is 11.9. The van der Waals surface area contributed by atoms with Gasteiger partial charge in [0.05, 0.1) is 12.7 Å². The number of carboxylic acids is 1. The van der Waals surface area contributed by atoms with Gasteiger partial charge in [-0.2, -0.15) is 0 Å². The lowest BCUT2D eigenvalue weighted by Gasteiger charge is -2.05. The molecule has 0 aliphatic rings. The third-order valence-electron chi connectivity index (χ3n) is 3.01. The van der Waals surface area contributed by atoms with Gasteiger partial charge in [0.2, 0.25) is 5.91 Å². The van der Waals surface area contributed by atoms with E-state index in [4.69, 9.17) is 9.84 Å². The first-order valence-electron chi connectivity index (χ1n) is 6.65. The van der Waals surface area contributed by atoms with Crippen LogP contribution in [0, 0.1) is 0 Å². The molecule has 6 heteroatoms. The highest BCUT2D eigenvalue weighted by molar-refractivity contribution is 9.10. The largest absolute Gasteiger partial charge is 0.496 e. The van der Waals surface area contributed by atoms with E-state index in [0.29, 0.717) is 11.4 Å². The number of benzene rings is 2. The highest BCUT2D eigenvalue weighted by atomic mass is 79.9. The fourth-order valence-corrected chi connectivity index (χ4v) is 2.26. The van der Waals surface area contributed by atoms with Crippen LogP contribution in [0.15, 0.2) is 53.0 Å². The lowest BCUT2D eigenvalue weighted by atomic mass is 10.2. The minimum Gasteiger partial charge on any atom is -0.496 e. The van der Waals surface area contributed by atoms with E-state index in [2.05, 4.69) is 21.2 Å². The Labute approximate surface area is 141 Å². The van der Waals surface area contributed by atoms with Crippen LogP contribution in [-0.4, -0.2) is 24.1 Å².